The van der Waals surface area contributed by atoms with Crippen LogP contribution in [-0.2, 0) is 21.3 Å². The molecule has 2 aromatic carbocycles. The molecule has 0 saturated carbocycles. The lowest BCUT2D eigenvalue weighted by molar-refractivity contribution is -0.245. The van der Waals surface area contributed by atoms with Crippen molar-refractivity contribution in [1.82, 2.24) is 4.31 Å². The predicted octanol–water partition coefficient (Wildman–Crippen LogP) is 4.80. The molecule has 1 saturated heterocycles. The van der Waals surface area contributed by atoms with Crippen LogP contribution in [0.5, 0.6) is 0 Å². The number of rotatable bonds is 6. The van der Waals surface area contributed by atoms with E-state index in [9.17, 15) is 8.42 Å². The van der Waals surface area contributed by atoms with Gasteiger partial charge in [0.1, 0.15) is 0 Å². The molecule has 4 rings (SSSR count). The molecule has 0 spiro atoms. The van der Waals surface area contributed by atoms with Crippen molar-refractivity contribution in [3.63, 3.8) is 0 Å². The molecule has 31 heavy (non-hydrogen) atoms. The summed E-state index contributed by atoms with van der Waals surface area (Å²) in [6, 6.07) is 10.7. The molecule has 0 radical (unpaired) electrons. The van der Waals surface area contributed by atoms with E-state index in [0.29, 0.717) is 41.0 Å². The zero-order valence-electron chi connectivity index (χ0n) is 17.3. The van der Waals surface area contributed by atoms with Gasteiger partial charge < -0.3 is 4.90 Å². The molecule has 2 unspecified atom stereocenters. The SMILES string of the molecule is CCC1CN(c2ccc(Cl)c(Cl)c2)CCN1S(=O)(=O)c1ccc2c(c1)C(COO)CC2. The van der Waals surface area contributed by atoms with Gasteiger partial charge >= 0.3 is 0 Å². The van der Waals surface area contributed by atoms with Crippen LogP contribution >= 0.6 is 23.2 Å². The van der Waals surface area contributed by atoms with Crippen LogP contribution in [0.15, 0.2) is 41.3 Å². The minimum Gasteiger partial charge on any atom is -0.369 e. The molecule has 2 aliphatic rings. The Morgan fingerprint density at radius 2 is 1.94 bits per heavy atom. The standard InChI is InChI=1S/C22H26Cl2N2O4S/c1-2-17-13-25(18-6-8-21(23)22(24)11-18)9-10-26(17)31(28,29)19-7-5-15-3-4-16(14-30-27)20(15)12-19/h5-8,11-12,16-17,27H,2-4,9-10,13-14H2,1H3. The maximum absolute atomic E-state index is 13.6. The molecule has 1 aliphatic heterocycles. The van der Waals surface area contributed by atoms with Gasteiger partial charge in [0.05, 0.1) is 21.5 Å². The third-order valence-corrected chi connectivity index (χ3v) is 9.06. The van der Waals surface area contributed by atoms with Gasteiger partial charge in [-0.25, -0.2) is 13.3 Å². The minimum absolute atomic E-state index is 0.0172. The average Bonchev–Trinajstić information content (AvgIpc) is 3.17. The van der Waals surface area contributed by atoms with Crippen LogP contribution < -0.4 is 4.90 Å². The zero-order valence-corrected chi connectivity index (χ0v) is 19.6. The maximum atomic E-state index is 13.6. The highest BCUT2D eigenvalue weighted by molar-refractivity contribution is 7.89. The number of benzene rings is 2. The van der Waals surface area contributed by atoms with Crippen LogP contribution in [-0.4, -0.2) is 50.3 Å². The quantitative estimate of drug-likeness (QED) is 0.470. The summed E-state index contributed by atoms with van der Waals surface area (Å²) in [5.41, 5.74) is 3.02. The summed E-state index contributed by atoms with van der Waals surface area (Å²) in [6.45, 7) is 3.72. The summed E-state index contributed by atoms with van der Waals surface area (Å²) in [6.07, 6.45) is 2.41. The molecule has 1 heterocycles. The highest BCUT2D eigenvalue weighted by Crippen LogP contribution is 2.36. The van der Waals surface area contributed by atoms with E-state index in [2.05, 4.69) is 9.79 Å². The monoisotopic (exact) mass is 484 g/mol. The molecule has 1 aliphatic carbocycles. The number of hydrogen-bond donors (Lipinski definition) is 1. The van der Waals surface area contributed by atoms with Gasteiger partial charge in [0.2, 0.25) is 10.0 Å². The molecule has 2 aromatic rings. The summed E-state index contributed by atoms with van der Waals surface area (Å²) in [5.74, 6) is 0.0172. The molecule has 0 amide bonds. The van der Waals surface area contributed by atoms with E-state index in [4.69, 9.17) is 28.5 Å². The molecule has 0 aromatic heterocycles. The second kappa shape index (κ2) is 9.25. The Kier molecular flexibility index (Phi) is 6.82. The van der Waals surface area contributed by atoms with Crippen molar-refractivity contribution < 1.29 is 18.6 Å². The number of halogens is 2. The summed E-state index contributed by atoms with van der Waals surface area (Å²) < 4.78 is 28.7. The van der Waals surface area contributed by atoms with E-state index >= 15 is 0 Å². The van der Waals surface area contributed by atoms with Crippen LogP contribution in [0.1, 0.15) is 36.8 Å². The second-order valence-corrected chi connectivity index (χ2v) is 10.8. The van der Waals surface area contributed by atoms with Crippen molar-refractivity contribution in [3.05, 3.63) is 57.6 Å². The van der Waals surface area contributed by atoms with Gasteiger partial charge in [-0.1, -0.05) is 36.2 Å². The number of hydrogen-bond acceptors (Lipinski definition) is 5. The number of piperazine rings is 1. The zero-order chi connectivity index (χ0) is 22.2. The summed E-state index contributed by atoms with van der Waals surface area (Å²) in [7, 11) is -3.65. The smallest absolute Gasteiger partial charge is 0.243 e. The number of fused-ring (bicyclic) bond motifs is 1. The van der Waals surface area contributed by atoms with Gasteiger partial charge in [0.25, 0.3) is 0 Å². The topological polar surface area (TPSA) is 70.1 Å². The van der Waals surface area contributed by atoms with Crippen LogP contribution in [0.25, 0.3) is 0 Å². The van der Waals surface area contributed by atoms with Crippen molar-refractivity contribution in [2.45, 2.75) is 43.0 Å². The fraction of sp³-hybridized carbons (Fsp3) is 0.455. The van der Waals surface area contributed by atoms with Crippen molar-refractivity contribution in [1.29, 1.82) is 0 Å². The Labute approximate surface area is 193 Å². The van der Waals surface area contributed by atoms with E-state index < -0.39 is 10.0 Å². The van der Waals surface area contributed by atoms with E-state index in [1.54, 1.807) is 22.5 Å². The van der Waals surface area contributed by atoms with Gasteiger partial charge in [0.15, 0.2) is 0 Å². The number of nitrogens with zero attached hydrogens (tertiary/aromatic N) is 2. The second-order valence-electron chi connectivity index (χ2n) is 8.11. The summed E-state index contributed by atoms with van der Waals surface area (Å²) in [5, 5.41) is 9.84. The van der Waals surface area contributed by atoms with Crippen molar-refractivity contribution >= 4 is 38.9 Å². The Hall–Kier alpha value is -1.35. The highest BCUT2D eigenvalue weighted by atomic mass is 35.5. The highest BCUT2D eigenvalue weighted by Gasteiger charge is 2.36. The Bertz CT molecular complexity index is 1060. The number of anilines is 1. The molecule has 0 bridgehead atoms. The first kappa shape index (κ1) is 22.8. The van der Waals surface area contributed by atoms with Gasteiger partial charge in [0, 0.05) is 37.3 Å². The molecule has 2 atom stereocenters. The first-order valence-electron chi connectivity index (χ1n) is 10.5. The lowest BCUT2D eigenvalue weighted by atomic mass is 10.0. The average molecular weight is 485 g/mol. The summed E-state index contributed by atoms with van der Waals surface area (Å²) in [4.78, 5) is 6.80. The number of aryl methyl sites for hydroxylation is 1. The Morgan fingerprint density at radius 1 is 1.13 bits per heavy atom. The third kappa shape index (κ3) is 4.45. The molecular formula is C22H26Cl2N2O4S. The van der Waals surface area contributed by atoms with Crippen LogP contribution in [0.2, 0.25) is 10.0 Å². The van der Waals surface area contributed by atoms with E-state index in [-0.39, 0.29) is 18.6 Å². The fourth-order valence-electron chi connectivity index (χ4n) is 4.63. The fourth-order valence-corrected chi connectivity index (χ4v) is 6.64. The molecule has 6 nitrogen and oxygen atoms in total. The maximum Gasteiger partial charge on any atom is 0.243 e. The molecular weight excluding hydrogens is 459 g/mol. The van der Waals surface area contributed by atoms with Gasteiger partial charge in [-0.15, -0.1) is 0 Å². The molecule has 1 N–H and O–H groups in total. The van der Waals surface area contributed by atoms with Crippen LogP contribution in [0, 0.1) is 0 Å². The van der Waals surface area contributed by atoms with E-state index in [0.717, 1.165) is 29.7 Å². The molecule has 1 fully saturated rings. The van der Waals surface area contributed by atoms with Gasteiger partial charge in [-0.2, -0.15) is 4.31 Å². The van der Waals surface area contributed by atoms with Crippen molar-refractivity contribution in [2.75, 3.05) is 31.1 Å². The van der Waals surface area contributed by atoms with Crippen molar-refractivity contribution in [3.8, 4) is 0 Å². The Morgan fingerprint density at radius 3 is 2.65 bits per heavy atom. The normalized spacial score (nSPS) is 22.0. The third-order valence-electron chi connectivity index (χ3n) is 6.37. The first-order chi connectivity index (χ1) is 14.8. The van der Waals surface area contributed by atoms with Crippen LogP contribution in [0.3, 0.4) is 0 Å². The van der Waals surface area contributed by atoms with Gasteiger partial charge in [-0.3, -0.25) is 5.26 Å². The van der Waals surface area contributed by atoms with E-state index in [1.807, 2.05) is 25.1 Å². The minimum atomic E-state index is -3.65. The predicted molar refractivity (Wildman–Crippen MR) is 123 cm³/mol. The van der Waals surface area contributed by atoms with E-state index in [1.165, 1.54) is 0 Å². The largest absolute Gasteiger partial charge is 0.369 e. The Balaban J connectivity index is 1.58. The van der Waals surface area contributed by atoms with Crippen molar-refractivity contribution in [2.24, 2.45) is 0 Å². The lowest BCUT2D eigenvalue weighted by Gasteiger charge is -2.41. The summed E-state index contributed by atoms with van der Waals surface area (Å²) >= 11 is 12.2. The lowest BCUT2D eigenvalue weighted by Crippen LogP contribution is -2.55. The number of sulfonamides is 1. The first-order valence-corrected chi connectivity index (χ1v) is 12.7. The van der Waals surface area contributed by atoms with Gasteiger partial charge in [-0.05, 0) is 60.7 Å². The molecule has 9 heteroatoms. The molecule has 168 valence electrons. The van der Waals surface area contributed by atoms with Crippen LogP contribution in [0.4, 0.5) is 5.69 Å².